The normalized spacial score (nSPS) is 14.1. The summed E-state index contributed by atoms with van der Waals surface area (Å²) in [6, 6.07) is 7.20. The largest absolute Gasteiger partial charge is 0.506 e. The number of phenols is 1. The maximum Gasteiger partial charge on any atom is 0.166 e. The summed E-state index contributed by atoms with van der Waals surface area (Å²) in [5, 5.41) is 10.4. The Kier molecular flexibility index (Phi) is 5.08. The number of halogens is 2. The van der Waals surface area contributed by atoms with Crippen molar-refractivity contribution in [2.45, 2.75) is 26.2 Å². The van der Waals surface area contributed by atoms with Gasteiger partial charge in [-0.05, 0) is 54.2 Å². The highest BCUT2D eigenvalue weighted by atomic mass is 19.2. The molecule has 0 saturated heterocycles. The minimum Gasteiger partial charge on any atom is -0.506 e. The lowest BCUT2D eigenvalue weighted by molar-refractivity contribution is 0.476. The Morgan fingerprint density at radius 1 is 1.20 bits per heavy atom. The number of phenolic OH excluding ortho intramolecular Hbond substituents is 1. The summed E-state index contributed by atoms with van der Waals surface area (Å²) in [4.78, 5) is 4.43. The van der Waals surface area contributed by atoms with E-state index in [2.05, 4.69) is 23.2 Å². The molecule has 25 heavy (non-hydrogen) atoms. The highest BCUT2D eigenvalue weighted by molar-refractivity contribution is 5.84. The van der Waals surface area contributed by atoms with Crippen LogP contribution >= 0.6 is 0 Å². The molecule has 4 heteroatoms. The topological polar surface area (TPSA) is 32.6 Å². The molecule has 0 spiro atoms. The van der Waals surface area contributed by atoms with E-state index in [0.717, 1.165) is 30.0 Å². The Morgan fingerprint density at radius 2 is 2.04 bits per heavy atom. The van der Waals surface area contributed by atoms with Gasteiger partial charge in [-0.2, -0.15) is 0 Å². The van der Waals surface area contributed by atoms with Gasteiger partial charge in [0.25, 0.3) is 0 Å². The molecule has 128 valence electrons. The molecule has 0 aliphatic heterocycles. The van der Waals surface area contributed by atoms with Crippen LogP contribution in [0.15, 0.2) is 59.1 Å². The van der Waals surface area contributed by atoms with Crippen LogP contribution in [-0.2, 0) is 6.42 Å². The molecule has 2 nitrogen and oxygen atoms in total. The van der Waals surface area contributed by atoms with Crippen LogP contribution in [0, 0.1) is 11.6 Å². The standard InChI is InChI=1S/C21H19F2NO/c1-2-15-11-16(17-9-6-10-18(22)20(17)23)12-19(25)21(15)24-13-14-7-4-3-5-8-14/h3-4,6,8-13,25H,2,5,7H2,1H3. The van der Waals surface area contributed by atoms with Crippen molar-refractivity contribution in [2.75, 3.05) is 0 Å². The Morgan fingerprint density at radius 3 is 2.76 bits per heavy atom. The fraction of sp³-hybridized carbons (Fsp3) is 0.190. The number of benzene rings is 2. The van der Waals surface area contributed by atoms with E-state index in [9.17, 15) is 13.9 Å². The van der Waals surface area contributed by atoms with E-state index in [1.54, 1.807) is 12.3 Å². The monoisotopic (exact) mass is 339 g/mol. The molecule has 0 fully saturated rings. The molecule has 0 aromatic heterocycles. The average molecular weight is 339 g/mol. The van der Waals surface area contributed by atoms with E-state index < -0.39 is 11.6 Å². The van der Waals surface area contributed by atoms with Crippen molar-refractivity contribution in [3.05, 3.63) is 71.3 Å². The van der Waals surface area contributed by atoms with E-state index in [4.69, 9.17) is 0 Å². The van der Waals surface area contributed by atoms with E-state index in [0.29, 0.717) is 17.7 Å². The van der Waals surface area contributed by atoms with Crippen LogP contribution in [0.5, 0.6) is 5.75 Å². The fourth-order valence-corrected chi connectivity index (χ4v) is 2.85. The summed E-state index contributed by atoms with van der Waals surface area (Å²) in [5.41, 5.74) is 2.90. The van der Waals surface area contributed by atoms with Crippen molar-refractivity contribution >= 4 is 11.9 Å². The molecule has 0 bridgehead atoms. The van der Waals surface area contributed by atoms with Gasteiger partial charge in [0.2, 0.25) is 0 Å². The Balaban J connectivity index is 2.00. The van der Waals surface area contributed by atoms with E-state index in [1.165, 1.54) is 18.2 Å². The van der Waals surface area contributed by atoms with Crippen molar-refractivity contribution < 1.29 is 13.9 Å². The molecular formula is C21H19F2NO. The summed E-state index contributed by atoms with van der Waals surface area (Å²) in [5.74, 6) is -1.87. The first-order valence-electron chi connectivity index (χ1n) is 8.28. The first-order valence-corrected chi connectivity index (χ1v) is 8.28. The zero-order chi connectivity index (χ0) is 17.8. The van der Waals surface area contributed by atoms with Crippen LogP contribution in [-0.4, -0.2) is 11.3 Å². The molecule has 1 N–H and O–H groups in total. The second-order valence-electron chi connectivity index (χ2n) is 5.91. The van der Waals surface area contributed by atoms with Gasteiger partial charge in [0.1, 0.15) is 11.4 Å². The summed E-state index contributed by atoms with van der Waals surface area (Å²) < 4.78 is 27.5. The number of hydrogen-bond donors (Lipinski definition) is 1. The van der Waals surface area contributed by atoms with Crippen LogP contribution in [0.4, 0.5) is 14.5 Å². The number of aryl methyl sites for hydroxylation is 1. The Hall–Kier alpha value is -2.75. The van der Waals surface area contributed by atoms with Gasteiger partial charge >= 0.3 is 0 Å². The van der Waals surface area contributed by atoms with Gasteiger partial charge in [0, 0.05) is 11.8 Å². The van der Waals surface area contributed by atoms with E-state index in [1.807, 2.05) is 6.92 Å². The van der Waals surface area contributed by atoms with Gasteiger partial charge in [-0.15, -0.1) is 0 Å². The lowest BCUT2D eigenvalue weighted by Crippen LogP contribution is -1.92. The molecular weight excluding hydrogens is 320 g/mol. The first kappa shape index (κ1) is 17.1. The predicted molar refractivity (Wildman–Crippen MR) is 97.4 cm³/mol. The third-order valence-corrected chi connectivity index (χ3v) is 4.21. The number of nitrogens with zero attached hydrogens (tertiary/aromatic N) is 1. The third kappa shape index (κ3) is 3.68. The predicted octanol–water partition coefficient (Wildman–Crippen LogP) is 5.88. The van der Waals surface area contributed by atoms with Crippen molar-refractivity contribution in [3.63, 3.8) is 0 Å². The van der Waals surface area contributed by atoms with Crippen molar-refractivity contribution in [2.24, 2.45) is 4.99 Å². The van der Waals surface area contributed by atoms with Crippen molar-refractivity contribution in [1.29, 1.82) is 0 Å². The maximum atomic E-state index is 14.0. The third-order valence-electron chi connectivity index (χ3n) is 4.21. The van der Waals surface area contributed by atoms with Crippen molar-refractivity contribution in [3.8, 4) is 16.9 Å². The molecule has 0 atom stereocenters. The number of aliphatic imine (C=N–C) groups is 1. The minimum atomic E-state index is -0.917. The molecule has 3 rings (SSSR count). The average Bonchev–Trinajstić information content (AvgIpc) is 2.63. The van der Waals surface area contributed by atoms with Gasteiger partial charge in [0.15, 0.2) is 11.6 Å². The first-order chi connectivity index (χ1) is 12.1. The summed E-state index contributed by atoms with van der Waals surface area (Å²) in [6.07, 6.45) is 10.3. The lowest BCUT2D eigenvalue weighted by atomic mass is 9.99. The van der Waals surface area contributed by atoms with Gasteiger partial charge in [-0.1, -0.05) is 37.3 Å². The molecule has 1 aliphatic rings. The van der Waals surface area contributed by atoms with Gasteiger partial charge in [0.05, 0.1) is 0 Å². The van der Waals surface area contributed by atoms with Gasteiger partial charge < -0.3 is 5.11 Å². The Bertz CT molecular complexity index is 882. The van der Waals surface area contributed by atoms with Crippen LogP contribution < -0.4 is 0 Å². The van der Waals surface area contributed by atoms with Crippen LogP contribution in [0.2, 0.25) is 0 Å². The second-order valence-corrected chi connectivity index (χ2v) is 5.91. The quantitative estimate of drug-likeness (QED) is 0.547. The fourth-order valence-electron chi connectivity index (χ4n) is 2.85. The van der Waals surface area contributed by atoms with E-state index >= 15 is 0 Å². The smallest absolute Gasteiger partial charge is 0.166 e. The number of hydrogen-bond acceptors (Lipinski definition) is 2. The molecule has 0 unspecified atom stereocenters. The summed E-state index contributed by atoms with van der Waals surface area (Å²) in [6.45, 7) is 1.93. The molecule has 2 aromatic rings. The molecule has 0 amide bonds. The van der Waals surface area contributed by atoms with E-state index in [-0.39, 0.29) is 11.3 Å². The minimum absolute atomic E-state index is 0.0405. The SMILES string of the molecule is CCc1cc(-c2cccc(F)c2F)cc(O)c1N=CC1=CCC=CC1. The second kappa shape index (κ2) is 7.43. The van der Waals surface area contributed by atoms with Crippen LogP contribution in [0.3, 0.4) is 0 Å². The van der Waals surface area contributed by atoms with Crippen LogP contribution in [0.1, 0.15) is 25.3 Å². The molecule has 0 heterocycles. The maximum absolute atomic E-state index is 14.0. The van der Waals surface area contributed by atoms with Gasteiger partial charge in [-0.25, -0.2) is 8.78 Å². The summed E-state index contributed by atoms with van der Waals surface area (Å²) >= 11 is 0. The highest BCUT2D eigenvalue weighted by Gasteiger charge is 2.14. The molecule has 0 saturated carbocycles. The number of rotatable bonds is 4. The van der Waals surface area contributed by atoms with Crippen LogP contribution in [0.25, 0.3) is 11.1 Å². The molecule has 2 aromatic carbocycles. The highest BCUT2D eigenvalue weighted by Crippen LogP contribution is 2.37. The van der Waals surface area contributed by atoms with Gasteiger partial charge in [-0.3, -0.25) is 4.99 Å². The Labute approximate surface area is 145 Å². The molecule has 1 aliphatic carbocycles. The lowest BCUT2D eigenvalue weighted by Gasteiger charge is -2.11. The zero-order valence-electron chi connectivity index (χ0n) is 14.0. The molecule has 0 radical (unpaired) electrons. The number of allylic oxidation sites excluding steroid dienone is 4. The number of aromatic hydroxyl groups is 1. The summed E-state index contributed by atoms with van der Waals surface area (Å²) in [7, 11) is 0. The van der Waals surface area contributed by atoms with Crippen molar-refractivity contribution in [1.82, 2.24) is 0 Å². The zero-order valence-corrected chi connectivity index (χ0v) is 14.0.